The molecule has 350 valence electrons. The SMILES string of the molecule is CCCCCCCCCCCCCCCC(=O)OCC(COP(=O)([O-])OCC[N+](C)(C)C)OC(=O)CCCCCCCCC(=O)OCc1ccc(C2(C(F)(F)F)N=N2)cc1I. The lowest BCUT2D eigenvalue weighted by Gasteiger charge is -2.28. The number of phosphoric acid groups is 1. The minimum atomic E-state index is -4.70. The van der Waals surface area contributed by atoms with Crippen molar-refractivity contribution in [3.05, 3.63) is 32.9 Å². The number of rotatable bonds is 36. The van der Waals surface area contributed by atoms with Crippen LogP contribution in [0.3, 0.4) is 0 Å². The fraction of sp³-hybridized carbons (Fsp3) is 0.791. The van der Waals surface area contributed by atoms with Gasteiger partial charge in [0.15, 0.2) is 6.10 Å². The van der Waals surface area contributed by atoms with Crippen LogP contribution in [0.25, 0.3) is 0 Å². The summed E-state index contributed by atoms with van der Waals surface area (Å²) in [6.45, 7) is 1.61. The predicted molar refractivity (Wildman–Crippen MR) is 232 cm³/mol. The molecule has 61 heavy (non-hydrogen) atoms. The quantitative estimate of drug-likeness (QED) is 0.0158. The molecule has 1 aliphatic heterocycles. The summed E-state index contributed by atoms with van der Waals surface area (Å²) in [5, 5.41) is 6.43. The molecule has 0 aliphatic carbocycles. The number of carbonyl (C=O) groups excluding carboxylic acids is 3. The largest absolute Gasteiger partial charge is 0.756 e. The summed E-state index contributed by atoms with van der Waals surface area (Å²) in [6.07, 6.45) is 14.4. The maximum Gasteiger partial charge on any atom is 0.442 e. The minimum Gasteiger partial charge on any atom is -0.756 e. The standard InChI is InChI=1S/C43H70F3IN3O10P/c1-5-6-7-8-9-10-11-12-13-14-15-18-22-25-40(52)57-33-37(34-59-61(54,55)58-30-29-50(2,3)4)60-41(53)26-23-20-17-16-19-21-24-39(51)56-32-35-27-28-36(31-38(35)47)42(48-49-42)43(44,45)46/h27-28,31,37H,5-26,29-30,32-34H2,1-4H3. The van der Waals surface area contributed by atoms with Crippen LogP contribution in [-0.2, 0) is 54.5 Å². The van der Waals surface area contributed by atoms with E-state index in [4.69, 9.17) is 23.3 Å². The number of likely N-dealkylation sites (N-methyl/N-ethyl adjacent to an activating group) is 1. The third-order valence-electron chi connectivity index (χ3n) is 10.2. The van der Waals surface area contributed by atoms with Gasteiger partial charge >= 0.3 is 29.7 Å². The molecule has 1 aromatic rings. The summed E-state index contributed by atoms with van der Waals surface area (Å²) in [5.41, 5.74) is -1.99. The second kappa shape index (κ2) is 29.3. The van der Waals surface area contributed by atoms with Crippen LogP contribution < -0.4 is 4.89 Å². The number of phosphoric ester groups is 1. The number of benzene rings is 1. The second-order valence-corrected chi connectivity index (χ2v) is 19.4. The molecule has 13 nitrogen and oxygen atoms in total. The molecule has 1 heterocycles. The van der Waals surface area contributed by atoms with Crippen LogP contribution in [0.2, 0.25) is 0 Å². The molecule has 0 fully saturated rings. The maximum atomic E-state index is 13.3. The van der Waals surface area contributed by atoms with Gasteiger partial charge in [-0.1, -0.05) is 122 Å². The number of hydrogen-bond acceptors (Lipinski definition) is 12. The van der Waals surface area contributed by atoms with Gasteiger partial charge in [-0.2, -0.15) is 13.2 Å². The minimum absolute atomic E-state index is 0.0590. The van der Waals surface area contributed by atoms with Gasteiger partial charge in [0, 0.05) is 34.0 Å². The van der Waals surface area contributed by atoms with E-state index in [-0.39, 0.29) is 44.6 Å². The molecule has 0 saturated heterocycles. The highest BCUT2D eigenvalue weighted by Crippen LogP contribution is 2.52. The topological polar surface area (TPSA) is 162 Å². The van der Waals surface area contributed by atoms with Crippen LogP contribution in [0.1, 0.15) is 159 Å². The second-order valence-electron chi connectivity index (χ2n) is 16.8. The molecule has 0 aromatic heterocycles. The van der Waals surface area contributed by atoms with Crippen LogP contribution in [0.5, 0.6) is 0 Å². The molecule has 0 saturated carbocycles. The molecule has 0 radical (unpaired) electrons. The molecule has 0 N–H and O–H groups in total. The van der Waals surface area contributed by atoms with Gasteiger partial charge in [-0.3, -0.25) is 18.9 Å². The summed E-state index contributed by atoms with van der Waals surface area (Å²) in [7, 11) is 0.969. The smallest absolute Gasteiger partial charge is 0.442 e. The Kier molecular flexibility index (Phi) is 26.4. The number of unbranched alkanes of at least 4 members (excludes halogenated alkanes) is 17. The fourth-order valence-corrected chi connectivity index (χ4v) is 7.74. The number of alkyl halides is 3. The van der Waals surface area contributed by atoms with Gasteiger partial charge in [-0.05, 0) is 47.9 Å². The van der Waals surface area contributed by atoms with Crippen molar-refractivity contribution >= 4 is 48.3 Å². The van der Waals surface area contributed by atoms with Crippen LogP contribution in [0, 0.1) is 3.57 Å². The predicted octanol–water partition coefficient (Wildman–Crippen LogP) is 10.8. The molecular formula is C43H70F3IN3O10P. The molecule has 0 bridgehead atoms. The highest BCUT2D eigenvalue weighted by atomic mass is 127. The van der Waals surface area contributed by atoms with E-state index >= 15 is 0 Å². The Morgan fingerprint density at radius 2 is 1.21 bits per heavy atom. The van der Waals surface area contributed by atoms with E-state index in [0.717, 1.165) is 44.9 Å². The molecule has 2 rings (SSSR count). The summed E-state index contributed by atoms with van der Waals surface area (Å²) in [4.78, 5) is 49.9. The van der Waals surface area contributed by atoms with E-state index < -0.39 is 50.3 Å². The first-order valence-electron chi connectivity index (χ1n) is 22.1. The Labute approximate surface area is 374 Å². The average molecular weight is 1000 g/mol. The first kappa shape index (κ1) is 55.0. The first-order chi connectivity index (χ1) is 28.9. The Bertz CT molecular complexity index is 1520. The van der Waals surface area contributed by atoms with E-state index in [9.17, 15) is 37.0 Å². The number of hydrogen-bond donors (Lipinski definition) is 0. The van der Waals surface area contributed by atoms with Gasteiger partial charge in [-0.25, -0.2) is 0 Å². The van der Waals surface area contributed by atoms with E-state index in [2.05, 4.69) is 17.2 Å². The van der Waals surface area contributed by atoms with E-state index in [1.807, 2.05) is 43.7 Å². The monoisotopic (exact) mass is 1000 g/mol. The van der Waals surface area contributed by atoms with Crippen molar-refractivity contribution in [2.75, 3.05) is 47.5 Å². The Hall–Kier alpha value is -2.18. The third-order valence-corrected chi connectivity index (χ3v) is 12.2. The lowest BCUT2D eigenvalue weighted by atomic mass is 10.0. The fourth-order valence-electron chi connectivity index (χ4n) is 6.34. The van der Waals surface area contributed by atoms with Gasteiger partial charge in [0.05, 0.1) is 27.7 Å². The van der Waals surface area contributed by atoms with E-state index in [0.29, 0.717) is 39.4 Å². The van der Waals surface area contributed by atoms with Crippen LogP contribution in [0.15, 0.2) is 28.4 Å². The normalized spacial score (nSPS) is 15.0. The first-order valence-corrected chi connectivity index (χ1v) is 24.6. The summed E-state index contributed by atoms with van der Waals surface area (Å²) in [6, 6.07) is 4.13. The molecule has 2 atom stereocenters. The van der Waals surface area contributed by atoms with Crippen molar-refractivity contribution in [2.45, 2.75) is 173 Å². The lowest BCUT2D eigenvalue weighted by Crippen LogP contribution is -2.37. The van der Waals surface area contributed by atoms with Crippen molar-refractivity contribution in [3.63, 3.8) is 0 Å². The molecule has 0 amide bonds. The lowest BCUT2D eigenvalue weighted by molar-refractivity contribution is -0.870. The molecule has 0 spiro atoms. The number of nitrogens with zero attached hydrogens (tertiary/aromatic N) is 3. The number of halogens is 4. The highest BCUT2D eigenvalue weighted by Gasteiger charge is 2.65. The number of esters is 3. The summed E-state index contributed by atoms with van der Waals surface area (Å²) in [5.74, 6) is -1.43. The van der Waals surface area contributed by atoms with Gasteiger partial charge in [0.2, 0.25) is 0 Å². The molecule has 2 unspecified atom stereocenters. The maximum absolute atomic E-state index is 13.3. The molecule has 1 aliphatic rings. The zero-order chi connectivity index (χ0) is 45.2. The number of ether oxygens (including phenoxy) is 3. The molecule has 18 heteroatoms. The van der Waals surface area contributed by atoms with Crippen LogP contribution in [0.4, 0.5) is 13.2 Å². The van der Waals surface area contributed by atoms with Crippen molar-refractivity contribution < 1.29 is 64.8 Å². The van der Waals surface area contributed by atoms with Crippen molar-refractivity contribution in [3.8, 4) is 0 Å². The van der Waals surface area contributed by atoms with Gasteiger partial charge < -0.3 is 32.6 Å². The van der Waals surface area contributed by atoms with Gasteiger partial charge in [0.1, 0.15) is 26.4 Å². The average Bonchev–Trinajstić information content (AvgIpc) is 4.01. The number of carbonyl (C=O) groups is 3. The van der Waals surface area contributed by atoms with Crippen molar-refractivity contribution in [1.82, 2.24) is 0 Å². The third kappa shape index (κ3) is 25.0. The molecular weight excluding hydrogens is 933 g/mol. The Morgan fingerprint density at radius 1 is 0.738 bits per heavy atom. The van der Waals surface area contributed by atoms with Crippen LogP contribution in [-0.4, -0.2) is 82.2 Å². The van der Waals surface area contributed by atoms with Crippen molar-refractivity contribution in [1.29, 1.82) is 0 Å². The van der Waals surface area contributed by atoms with E-state index in [1.54, 1.807) is 0 Å². The summed E-state index contributed by atoms with van der Waals surface area (Å²) < 4.78 is 79.4. The zero-order valence-corrected chi connectivity index (χ0v) is 39.8. The van der Waals surface area contributed by atoms with Gasteiger partial charge in [0.25, 0.3) is 7.82 Å². The number of quaternary nitrogens is 1. The Balaban J connectivity index is 1.64. The van der Waals surface area contributed by atoms with Crippen molar-refractivity contribution in [2.24, 2.45) is 10.2 Å². The van der Waals surface area contributed by atoms with E-state index in [1.165, 1.54) is 76.0 Å². The highest BCUT2D eigenvalue weighted by molar-refractivity contribution is 14.1. The van der Waals surface area contributed by atoms with Gasteiger partial charge in [-0.15, -0.1) is 10.2 Å². The summed E-state index contributed by atoms with van der Waals surface area (Å²) >= 11 is 1.90. The zero-order valence-electron chi connectivity index (χ0n) is 36.8. The van der Waals surface area contributed by atoms with Crippen LogP contribution >= 0.6 is 30.4 Å². The molecule has 1 aromatic carbocycles. The Morgan fingerprint density at radius 3 is 1.67 bits per heavy atom.